The number of Topliss-reactive ketones (excluding diaryl/α,β-unsaturated/α-hetero) is 1. The molecule has 3 aliphatic carbocycles. The van der Waals surface area contributed by atoms with Gasteiger partial charge in [0, 0.05) is 17.8 Å². The van der Waals surface area contributed by atoms with Crippen molar-refractivity contribution in [3.63, 3.8) is 0 Å². The number of hydrogen-bond donors (Lipinski definition) is 0. The third kappa shape index (κ3) is 2.64. The lowest BCUT2D eigenvalue weighted by Gasteiger charge is -2.43. The molecular weight excluding hydrogens is 324 g/mol. The van der Waals surface area contributed by atoms with Crippen LogP contribution in [0.15, 0.2) is 29.8 Å². The summed E-state index contributed by atoms with van der Waals surface area (Å²) in [6.45, 7) is 6.07. The molecule has 0 amide bonds. The van der Waals surface area contributed by atoms with Gasteiger partial charge in [-0.3, -0.25) is 9.59 Å². The minimum absolute atomic E-state index is 0.0755. The average Bonchev–Trinajstić information content (AvgIpc) is 2.95. The predicted molar refractivity (Wildman–Crippen MR) is 101 cm³/mol. The van der Waals surface area contributed by atoms with Crippen molar-refractivity contribution >= 4 is 11.8 Å². The Morgan fingerprint density at radius 2 is 2.15 bits per heavy atom. The summed E-state index contributed by atoms with van der Waals surface area (Å²) >= 11 is 0. The molecule has 4 rings (SSSR count). The van der Waals surface area contributed by atoms with Crippen molar-refractivity contribution in [1.82, 2.24) is 0 Å². The first-order chi connectivity index (χ1) is 12.4. The van der Waals surface area contributed by atoms with Crippen LogP contribution in [-0.2, 0) is 16.0 Å². The zero-order chi connectivity index (χ0) is 18.5. The lowest BCUT2D eigenvalue weighted by atomic mass is 9.60. The number of benzene rings is 1. The Morgan fingerprint density at radius 3 is 2.92 bits per heavy atom. The number of esters is 1. The van der Waals surface area contributed by atoms with Gasteiger partial charge in [0.05, 0.1) is 5.92 Å². The molecule has 3 aliphatic rings. The molecule has 2 saturated carbocycles. The predicted octanol–water partition coefficient (Wildman–Crippen LogP) is 4.98. The van der Waals surface area contributed by atoms with Crippen molar-refractivity contribution in [1.29, 1.82) is 0 Å². The Hall–Kier alpha value is -1.90. The van der Waals surface area contributed by atoms with E-state index in [0.29, 0.717) is 23.4 Å². The summed E-state index contributed by atoms with van der Waals surface area (Å²) in [7, 11) is 0. The van der Waals surface area contributed by atoms with E-state index in [1.54, 1.807) is 0 Å². The molecule has 1 aromatic carbocycles. The fourth-order valence-electron chi connectivity index (χ4n) is 5.17. The van der Waals surface area contributed by atoms with Crippen LogP contribution in [0.4, 0.5) is 0 Å². The minimum atomic E-state index is -0.155. The van der Waals surface area contributed by atoms with Crippen LogP contribution in [0.5, 0.6) is 5.75 Å². The summed E-state index contributed by atoms with van der Waals surface area (Å²) in [5.74, 6) is 1.74. The second-order valence-electron chi connectivity index (χ2n) is 8.52. The molecule has 2 fully saturated rings. The van der Waals surface area contributed by atoms with Gasteiger partial charge in [-0.2, -0.15) is 0 Å². The fraction of sp³-hybridized carbons (Fsp3) is 0.565. The molecule has 0 radical (unpaired) electrons. The van der Waals surface area contributed by atoms with Gasteiger partial charge in [0.25, 0.3) is 0 Å². The van der Waals surface area contributed by atoms with Crippen LogP contribution in [0.1, 0.15) is 69.9 Å². The van der Waals surface area contributed by atoms with E-state index in [4.69, 9.17) is 4.74 Å². The molecule has 4 atom stereocenters. The molecule has 3 heteroatoms. The number of fused-ring (bicyclic) bond motifs is 5. The van der Waals surface area contributed by atoms with Crippen molar-refractivity contribution in [3.05, 3.63) is 41.0 Å². The summed E-state index contributed by atoms with van der Waals surface area (Å²) in [6, 6.07) is 6.12. The van der Waals surface area contributed by atoms with Crippen LogP contribution >= 0.6 is 0 Å². The molecular formula is C23H28O3. The van der Waals surface area contributed by atoms with Gasteiger partial charge in [0.15, 0.2) is 0 Å². The molecule has 0 aromatic heterocycles. The van der Waals surface area contributed by atoms with Crippen LogP contribution < -0.4 is 4.74 Å². The van der Waals surface area contributed by atoms with Gasteiger partial charge >= 0.3 is 5.97 Å². The van der Waals surface area contributed by atoms with E-state index >= 15 is 0 Å². The van der Waals surface area contributed by atoms with Crippen molar-refractivity contribution in [2.75, 3.05) is 0 Å². The Labute approximate surface area is 155 Å². The van der Waals surface area contributed by atoms with Gasteiger partial charge in [-0.15, -0.1) is 0 Å². The summed E-state index contributed by atoms with van der Waals surface area (Å²) in [5.41, 5.74) is 3.99. The molecule has 4 unspecified atom stereocenters. The lowest BCUT2D eigenvalue weighted by molar-refractivity contribution is -0.138. The molecule has 26 heavy (non-hydrogen) atoms. The van der Waals surface area contributed by atoms with E-state index in [-0.39, 0.29) is 17.3 Å². The molecule has 0 bridgehead atoms. The van der Waals surface area contributed by atoms with Crippen LogP contribution in [-0.4, -0.2) is 11.8 Å². The quantitative estimate of drug-likeness (QED) is 0.437. The highest BCUT2D eigenvalue weighted by molar-refractivity contribution is 5.88. The average molecular weight is 352 g/mol. The normalized spacial score (nSPS) is 30.7. The smallest absolute Gasteiger partial charge is 0.314 e. The number of ether oxygens (including phenoxy) is 1. The number of rotatable bonds is 3. The SMILES string of the molecule is CCC(C)C(=O)Oc1ccc2c(c1)CC=C1C2CCC2(C)C(=O)CCC12. The third-order valence-corrected chi connectivity index (χ3v) is 7.10. The van der Waals surface area contributed by atoms with Crippen LogP contribution in [0.3, 0.4) is 0 Å². The van der Waals surface area contributed by atoms with Crippen molar-refractivity contribution < 1.29 is 14.3 Å². The summed E-state index contributed by atoms with van der Waals surface area (Å²) in [4.78, 5) is 24.5. The molecule has 1 aromatic rings. The largest absolute Gasteiger partial charge is 0.426 e. The zero-order valence-corrected chi connectivity index (χ0v) is 16.0. The minimum Gasteiger partial charge on any atom is -0.426 e. The number of carbonyl (C=O) groups is 2. The van der Waals surface area contributed by atoms with E-state index in [0.717, 1.165) is 38.5 Å². The fourth-order valence-corrected chi connectivity index (χ4v) is 5.17. The molecule has 3 nitrogen and oxygen atoms in total. The molecule has 0 heterocycles. The Bertz CT molecular complexity index is 791. The first-order valence-corrected chi connectivity index (χ1v) is 10.0. The first kappa shape index (κ1) is 17.5. The van der Waals surface area contributed by atoms with E-state index in [9.17, 15) is 9.59 Å². The van der Waals surface area contributed by atoms with E-state index in [1.165, 1.54) is 16.7 Å². The maximum absolute atomic E-state index is 12.4. The zero-order valence-electron chi connectivity index (χ0n) is 16.0. The van der Waals surface area contributed by atoms with E-state index in [1.807, 2.05) is 26.0 Å². The Morgan fingerprint density at radius 1 is 1.35 bits per heavy atom. The standard InChI is InChI=1S/C23H28O3/c1-4-14(2)22(25)26-16-6-8-17-15(13-16)5-7-19-18(17)11-12-23(3)20(19)9-10-21(23)24/h6-8,13-14,18,20H,4-5,9-12H2,1-3H3. The van der Waals surface area contributed by atoms with E-state index in [2.05, 4.69) is 19.1 Å². The Balaban J connectivity index is 1.59. The molecule has 138 valence electrons. The monoisotopic (exact) mass is 352 g/mol. The second-order valence-corrected chi connectivity index (χ2v) is 8.52. The van der Waals surface area contributed by atoms with Gasteiger partial charge in [-0.1, -0.05) is 38.5 Å². The third-order valence-electron chi connectivity index (χ3n) is 7.10. The first-order valence-electron chi connectivity index (χ1n) is 10.0. The topological polar surface area (TPSA) is 43.4 Å². The summed E-state index contributed by atoms with van der Waals surface area (Å²) in [6.07, 6.45) is 7.80. The number of hydrogen-bond acceptors (Lipinski definition) is 3. The second kappa shape index (κ2) is 6.37. The number of allylic oxidation sites excluding steroid dienone is 2. The van der Waals surface area contributed by atoms with Gasteiger partial charge in [0.2, 0.25) is 0 Å². The molecule has 0 spiro atoms. The van der Waals surface area contributed by atoms with Gasteiger partial charge < -0.3 is 4.74 Å². The summed E-state index contributed by atoms with van der Waals surface area (Å²) in [5, 5.41) is 0. The van der Waals surface area contributed by atoms with Gasteiger partial charge in [0.1, 0.15) is 11.5 Å². The molecule has 0 aliphatic heterocycles. The van der Waals surface area contributed by atoms with Gasteiger partial charge in [-0.05, 0) is 61.3 Å². The van der Waals surface area contributed by atoms with Crippen LogP contribution in [0, 0.1) is 17.3 Å². The Kier molecular flexibility index (Phi) is 4.29. The highest BCUT2D eigenvalue weighted by Gasteiger charge is 2.52. The highest BCUT2D eigenvalue weighted by atomic mass is 16.5. The molecule has 0 saturated heterocycles. The molecule has 0 N–H and O–H groups in total. The van der Waals surface area contributed by atoms with Crippen LogP contribution in [0.25, 0.3) is 0 Å². The number of carbonyl (C=O) groups excluding carboxylic acids is 2. The van der Waals surface area contributed by atoms with Crippen molar-refractivity contribution in [2.24, 2.45) is 17.3 Å². The van der Waals surface area contributed by atoms with E-state index < -0.39 is 0 Å². The maximum atomic E-state index is 12.4. The maximum Gasteiger partial charge on any atom is 0.314 e. The van der Waals surface area contributed by atoms with Crippen molar-refractivity contribution in [3.8, 4) is 5.75 Å². The summed E-state index contributed by atoms with van der Waals surface area (Å²) < 4.78 is 5.56. The van der Waals surface area contributed by atoms with Gasteiger partial charge in [-0.25, -0.2) is 0 Å². The lowest BCUT2D eigenvalue weighted by Crippen LogP contribution is -2.37. The number of ketones is 1. The highest BCUT2D eigenvalue weighted by Crippen LogP contribution is 2.57. The van der Waals surface area contributed by atoms with Crippen molar-refractivity contribution in [2.45, 2.75) is 65.2 Å². The van der Waals surface area contributed by atoms with Crippen LogP contribution in [0.2, 0.25) is 0 Å².